The van der Waals surface area contributed by atoms with Gasteiger partial charge in [-0.3, -0.25) is 14.6 Å². The van der Waals surface area contributed by atoms with Gasteiger partial charge < -0.3 is 9.84 Å². The molecule has 0 bridgehead atoms. The molecular weight excluding hydrogens is 352 g/mol. The fourth-order valence-corrected chi connectivity index (χ4v) is 3.50. The Hall–Kier alpha value is -3.31. The number of carbonyl (C=O) groups is 1. The molecule has 1 amide bonds. The Balaban J connectivity index is 1.76. The van der Waals surface area contributed by atoms with Crippen molar-refractivity contribution in [3.05, 3.63) is 89.5 Å². The van der Waals surface area contributed by atoms with Crippen LogP contribution in [0, 0.1) is 6.92 Å². The van der Waals surface area contributed by atoms with Crippen LogP contribution in [-0.2, 0) is 6.54 Å². The predicted octanol–water partition coefficient (Wildman–Crippen LogP) is 4.07. The van der Waals surface area contributed by atoms with E-state index >= 15 is 0 Å². The van der Waals surface area contributed by atoms with Crippen molar-refractivity contribution in [3.63, 3.8) is 0 Å². The summed E-state index contributed by atoms with van der Waals surface area (Å²) in [7, 11) is 1.62. The number of hydrogen-bond acceptors (Lipinski definition) is 4. The third-order valence-electron chi connectivity index (χ3n) is 4.96. The summed E-state index contributed by atoms with van der Waals surface area (Å²) in [5, 5.41) is 11.1. The molecule has 1 heterocycles. The lowest BCUT2D eigenvalue weighted by atomic mass is 10.0. The molecule has 1 aliphatic heterocycles. The Kier molecular flexibility index (Phi) is 4.75. The summed E-state index contributed by atoms with van der Waals surface area (Å²) in [5.74, 6) is 0.565. The third-order valence-corrected chi connectivity index (χ3v) is 4.96. The number of nitrogens with zero attached hydrogens (tertiary/aromatic N) is 2. The second kappa shape index (κ2) is 7.37. The Morgan fingerprint density at radius 2 is 1.71 bits per heavy atom. The Morgan fingerprint density at radius 3 is 2.39 bits per heavy atom. The molecule has 142 valence electrons. The van der Waals surface area contributed by atoms with E-state index in [0.717, 1.165) is 22.6 Å². The number of aliphatic hydroxyl groups excluding tert-OH is 1. The zero-order valence-corrected chi connectivity index (χ0v) is 15.9. The molecule has 5 heteroatoms. The topological polar surface area (TPSA) is 53.0 Å². The quantitative estimate of drug-likeness (QED) is 0.748. The molecule has 0 saturated carbocycles. The lowest BCUT2D eigenvalue weighted by molar-refractivity contribution is 0.00344. The summed E-state index contributed by atoms with van der Waals surface area (Å²) >= 11 is 0. The lowest BCUT2D eigenvalue weighted by Crippen LogP contribution is -2.53. The molecule has 1 N–H and O–H groups in total. The highest BCUT2D eigenvalue weighted by Crippen LogP contribution is 2.37. The minimum atomic E-state index is -1.10. The zero-order valence-electron chi connectivity index (χ0n) is 15.9. The van der Waals surface area contributed by atoms with Crippen molar-refractivity contribution in [2.45, 2.75) is 19.8 Å². The highest BCUT2D eigenvalue weighted by molar-refractivity contribution is 6.03. The number of ether oxygens (including phenoxy) is 1. The second-order valence-corrected chi connectivity index (χ2v) is 6.85. The van der Waals surface area contributed by atoms with E-state index in [1.54, 1.807) is 12.0 Å². The van der Waals surface area contributed by atoms with E-state index in [4.69, 9.17) is 4.74 Å². The summed E-state index contributed by atoms with van der Waals surface area (Å²) in [4.78, 5) is 16.5. The molecular formula is C23H22N2O3. The number of amides is 1. The van der Waals surface area contributed by atoms with Gasteiger partial charge in [0.2, 0.25) is 6.35 Å². The minimum absolute atomic E-state index is 0.186. The molecule has 3 aromatic carbocycles. The van der Waals surface area contributed by atoms with Gasteiger partial charge in [-0.05, 0) is 48.9 Å². The van der Waals surface area contributed by atoms with Gasteiger partial charge in [-0.1, -0.05) is 42.0 Å². The summed E-state index contributed by atoms with van der Waals surface area (Å²) in [6, 6.07) is 22.8. The first-order valence-corrected chi connectivity index (χ1v) is 9.15. The van der Waals surface area contributed by atoms with Crippen LogP contribution < -0.4 is 9.64 Å². The van der Waals surface area contributed by atoms with E-state index in [1.807, 2.05) is 79.7 Å². The van der Waals surface area contributed by atoms with E-state index in [-0.39, 0.29) is 5.91 Å². The average molecular weight is 374 g/mol. The number of hydrogen-bond donors (Lipinski definition) is 1. The van der Waals surface area contributed by atoms with Gasteiger partial charge in [0.05, 0.1) is 24.9 Å². The van der Waals surface area contributed by atoms with Crippen LogP contribution >= 0.6 is 0 Å². The van der Waals surface area contributed by atoms with Crippen molar-refractivity contribution in [3.8, 4) is 5.75 Å². The first-order valence-electron chi connectivity index (χ1n) is 9.15. The number of aliphatic hydroxyl groups is 1. The summed E-state index contributed by atoms with van der Waals surface area (Å²) in [6.07, 6.45) is -1.10. The minimum Gasteiger partial charge on any atom is -0.497 e. The fourth-order valence-electron chi connectivity index (χ4n) is 3.50. The molecule has 0 aliphatic carbocycles. The number of carbonyl (C=O) groups excluding carboxylic acids is 1. The van der Waals surface area contributed by atoms with Gasteiger partial charge in [-0.2, -0.15) is 0 Å². The highest BCUT2D eigenvalue weighted by atomic mass is 16.5. The maximum atomic E-state index is 13.2. The van der Waals surface area contributed by atoms with E-state index in [2.05, 4.69) is 0 Å². The van der Waals surface area contributed by atoms with Crippen LogP contribution in [0.25, 0.3) is 0 Å². The maximum Gasteiger partial charge on any atom is 0.259 e. The average Bonchev–Trinajstić information content (AvgIpc) is 2.73. The van der Waals surface area contributed by atoms with Crippen LogP contribution in [0.3, 0.4) is 0 Å². The number of benzene rings is 3. The second-order valence-electron chi connectivity index (χ2n) is 6.85. The molecule has 0 saturated heterocycles. The Morgan fingerprint density at radius 1 is 1.00 bits per heavy atom. The maximum absolute atomic E-state index is 13.2. The van der Waals surface area contributed by atoms with Crippen LogP contribution in [0.1, 0.15) is 21.5 Å². The molecule has 1 aliphatic rings. The van der Waals surface area contributed by atoms with Crippen LogP contribution in [-0.4, -0.2) is 29.4 Å². The Labute approximate surface area is 164 Å². The van der Waals surface area contributed by atoms with Crippen molar-refractivity contribution < 1.29 is 14.6 Å². The molecule has 0 fully saturated rings. The smallest absolute Gasteiger partial charge is 0.259 e. The molecule has 28 heavy (non-hydrogen) atoms. The van der Waals surface area contributed by atoms with Crippen molar-refractivity contribution >= 4 is 17.3 Å². The van der Waals surface area contributed by atoms with Gasteiger partial charge in [0.15, 0.2) is 0 Å². The van der Waals surface area contributed by atoms with Crippen molar-refractivity contribution in [2.24, 2.45) is 0 Å². The van der Waals surface area contributed by atoms with Crippen LogP contribution in [0.5, 0.6) is 5.75 Å². The van der Waals surface area contributed by atoms with Crippen molar-refractivity contribution in [1.29, 1.82) is 0 Å². The molecule has 3 aromatic rings. The third kappa shape index (κ3) is 3.21. The first kappa shape index (κ1) is 18.1. The van der Waals surface area contributed by atoms with Crippen molar-refractivity contribution in [2.75, 3.05) is 12.0 Å². The molecule has 0 radical (unpaired) electrons. The molecule has 5 nitrogen and oxygen atoms in total. The van der Waals surface area contributed by atoms with Crippen LogP contribution in [0.15, 0.2) is 72.8 Å². The summed E-state index contributed by atoms with van der Waals surface area (Å²) in [6.45, 7) is 2.25. The highest BCUT2D eigenvalue weighted by Gasteiger charge is 2.37. The molecule has 1 atom stereocenters. The molecule has 1 unspecified atom stereocenters. The number of methoxy groups -OCH3 is 1. The zero-order chi connectivity index (χ0) is 19.7. The van der Waals surface area contributed by atoms with E-state index in [1.165, 1.54) is 4.90 Å². The van der Waals surface area contributed by atoms with Gasteiger partial charge in [-0.25, -0.2) is 0 Å². The van der Waals surface area contributed by atoms with Gasteiger partial charge in [0, 0.05) is 5.69 Å². The molecule has 0 spiro atoms. The monoisotopic (exact) mass is 374 g/mol. The SMILES string of the molecule is COc1ccc(CN2C(=O)c3cc(C)ccc3N(c3ccccc3)C2O)cc1. The number of rotatable bonds is 4. The van der Waals surface area contributed by atoms with Crippen molar-refractivity contribution in [1.82, 2.24) is 4.90 Å². The number of anilines is 2. The number of fused-ring (bicyclic) bond motifs is 1. The lowest BCUT2D eigenvalue weighted by Gasteiger charge is -2.42. The normalized spacial score (nSPS) is 16.1. The molecule has 0 aromatic heterocycles. The standard InChI is InChI=1S/C23H22N2O3/c1-16-8-13-21-20(14-16)22(26)24(15-17-9-11-19(28-2)12-10-17)23(27)25(21)18-6-4-3-5-7-18/h3-14,23,27H,15H2,1-2H3. The Bertz CT molecular complexity index is 986. The van der Waals surface area contributed by atoms with Gasteiger partial charge in [0.25, 0.3) is 5.91 Å². The number of aryl methyl sites for hydroxylation is 1. The largest absolute Gasteiger partial charge is 0.497 e. The van der Waals surface area contributed by atoms with Crippen LogP contribution in [0.2, 0.25) is 0 Å². The van der Waals surface area contributed by atoms with Crippen LogP contribution in [0.4, 0.5) is 11.4 Å². The van der Waals surface area contributed by atoms with Gasteiger partial charge in [0.1, 0.15) is 5.75 Å². The van der Waals surface area contributed by atoms with Gasteiger partial charge in [-0.15, -0.1) is 0 Å². The number of para-hydroxylation sites is 1. The van der Waals surface area contributed by atoms with E-state index in [9.17, 15) is 9.90 Å². The molecule has 4 rings (SSSR count). The first-order chi connectivity index (χ1) is 13.6. The summed E-state index contributed by atoms with van der Waals surface area (Å²) < 4.78 is 5.20. The van der Waals surface area contributed by atoms with E-state index < -0.39 is 6.35 Å². The fraction of sp³-hybridized carbons (Fsp3) is 0.174. The predicted molar refractivity (Wildman–Crippen MR) is 109 cm³/mol. The summed E-state index contributed by atoms with van der Waals surface area (Å²) in [5.41, 5.74) is 4.04. The van der Waals surface area contributed by atoms with Gasteiger partial charge >= 0.3 is 0 Å². The van der Waals surface area contributed by atoms with E-state index in [0.29, 0.717) is 17.8 Å².